The largest absolute Gasteiger partial charge is 0.459 e. The quantitative estimate of drug-likeness (QED) is 0.860. The number of aliphatic hydroxyl groups is 1. The highest BCUT2D eigenvalue weighted by Crippen LogP contribution is 2.39. The Morgan fingerprint density at radius 3 is 2.00 bits per heavy atom. The van der Waals surface area contributed by atoms with E-state index in [1.807, 2.05) is 18.2 Å². The van der Waals surface area contributed by atoms with Crippen molar-refractivity contribution in [3.8, 4) is 0 Å². The molecule has 3 nitrogen and oxygen atoms in total. The van der Waals surface area contributed by atoms with Crippen molar-refractivity contribution in [2.45, 2.75) is 63.6 Å². The Bertz CT molecular complexity index is 469. The smallest absolute Gasteiger partial charge is 0.338 e. The Morgan fingerprint density at radius 2 is 1.41 bits per heavy atom. The zero-order chi connectivity index (χ0) is 15.4. The van der Waals surface area contributed by atoms with Gasteiger partial charge in [0.25, 0.3) is 0 Å². The number of rotatable bonds is 3. The van der Waals surface area contributed by atoms with Gasteiger partial charge in [0.2, 0.25) is 0 Å². The first-order chi connectivity index (χ1) is 10.7. The summed E-state index contributed by atoms with van der Waals surface area (Å²) in [5, 5.41) is 9.62. The molecule has 0 bridgehead atoms. The Balaban J connectivity index is 1.45. The highest BCUT2D eigenvalue weighted by Gasteiger charge is 2.31. The standard InChI is InChI=1S/C19H26O3/c20-17-10-6-14(7-11-17)15-8-12-18(13-9-15)22-19(21)16-4-2-1-3-5-16/h1-5,14-15,17-18,20H,6-13H2/t14-,15-,17-,18-. The SMILES string of the molecule is O=C(O[C@H]1CC[C@H]([C@H]2CC[C@H](O)CC2)CC1)c1ccccc1. The highest BCUT2D eigenvalue weighted by atomic mass is 16.5. The van der Waals surface area contributed by atoms with Gasteiger partial charge in [-0.1, -0.05) is 18.2 Å². The average Bonchev–Trinajstić information content (AvgIpc) is 2.57. The maximum atomic E-state index is 12.1. The second kappa shape index (κ2) is 7.28. The molecule has 0 atom stereocenters. The van der Waals surface area contributed by atoms with Crippen LogP contribution in [0.4, 0.5) is 0 Å². The van der Waals surface area contributed by atoms with E-state index in [4.69, 9.17) is 4.74 Å². The average molecular weight is 302 g/mol. The van der Waals surface area contributed by atoms with Crippen molar-refractivity contribution < 1.29 is 14.6 Å². The third kappa shape index (κ3) is 3.89. The number of hydrogen-bond acceptors (Lipinski definition) is 3. The van der Waals surface area contributed by atoms with Gasteiger partial charge in [-0.2, -0.15) is 0 Å². The van der Waals surface area contributed by atoms with Gasteiger partial charge in [0.15, 0.2) is 0 Å². The van der Waals surface area contributed by atoms with E-state index in [9.17, 15) is 9.90 Å². The van der Waals surface area contributed by atoms with Crippen molar-refractivity contribution in [2.75, 3.05) is 0 Å². The van der Waals surface area contributed by atoms with Crippen LogP contribution in [0.15, 0.2) is 30.3 Å². The van der Waals surface area contributed by atoms with Crippen LogP contribution in [0.1, 0.15) is 61.7 Å². The minimum absolute atomic E-state index is 0.0700. The Hall–Kier alpha value is -1.35. The van der Waals surface area contributed by atoms with Crippen molar-refractivity contribution in [1.82, 2.24) is 0 Å². The summed E-state index contributed by atoms with van der Waals surface area (Å²) in [5.74, 6) is 1.35. The van der Waals surface area contributed by atoms with Gasteiger partial charge in [-0.25, -0.2) is 4.79 Å². The second-order valence-electron chi connectivity index (χ2n) is 6.88. The van der Waals surface area contributed by atoms with Crippen molar-refractivity contribution in [1.29, 1.82) is 0 Å². The Morgan fingerprint density at radius 1 is 0.864 bits per heavy atom. The van der Waals surface area contributed by atoms with Crippen LogP contribution >= 0.6 is 0 Å². The monoisotopic (exact) mass is 302 g/mol. The molecule has 120 valence electrons. The predicted molar refractivity (Wildman–Crippen MR) is 85.6 cm³/mol. The van der Waals surface area contributed by atoms with Crippen LogP contribution in [-0.2, 0) is 4.74 Å². The summed E-state index contributed by atoms with van der Waals surface area (Å²) >= 11 is 0. The molecule has 0 spiro atoms. The molecule has 22 heavy (non-hydrogen) atoms. The molecule has 0 amide bonds. The molecule has 0 aromatic heterocycles. The molecule has 2 aliphatic rings. The first-order valence-corrected chi connectivity index (χ1v) is 8.66. The molecule has 2 saturated carbocycles. The topological polar surface area (TPSA) is 46.5 Å². The van der Waals surface area contributed by atoms with E-state index in [2.05, 4.69) is 0 Å². The van der Waals surface area contributed by atoms with Crippen molar-refractivity contribution in [3.05, 3.63) is 35.9 Å². The molecule has 1 aromatic carbocycles. The summed E-state index contributed by atoms with van der Waals surface area (Å²) in [5.41, 5.74) is 0.644. The van der Waals surface area contributed by atoms with Gasteiger partial charge < -0.3 is 9.84 Å². The van der Waals surface area contributed by atoms with Gasteiger partial charge in [-0.3, -0.25) is 0 Å². The summed E-state index contributed by atoms with van der Waals surface area (Å²) in [6, 6.07) is 9.25. The van der Waals surface area contributed by atoms with Crippen molar-refractivity contribution >= 4 is 5.97 Å². The molecule has 3 rings (SSSR count). The van der Waals surface area contributed by atoms with Gasteiger partial charge >= 0.3 is 5.97 Å². The molecular weight excluding hydrogens is 276 g/mol. The lowest BCUT2D eigenvalue weighted by Gasteiger charge is -2.36. The molecular formula is C19H26O3. The lowest BCUT2D eigenvalue weighted by Crippen LogP contribution is -2.30. The predicted octanol–water partition coefficient (Wildman–Crippen LogP) is 3.95. The van der Waals surface area contributed by atoms with Gasteiger partial charge in [0, 0.05) is 0 Å². The zero-order valence-electron chi connectivity index (χ0n) is 13.1. The number of carbonyl (C=O) groups is 1. The summed E-state index contributed by atoms with van der Waals surface area (Å²) in [6.07, 6.45) is 8.57. The molecule has 1 aromatic rings. The van der Waals surface area contributed by atoms with Crippen LogP contribution in [0.3, 0.4) is 0 Å². The van der Waals surface area contributed by atoms with Crippen LogP contribution < -0.4 is 0 Å². The maximum Gasteiger partial charge on any atom is 0.338 e. The molecule has 2 fully saturated rings. The number of aliphatic hydroxyl groups excluding tert-OH is 1. The Labute approximate surface area is 132 Å². The normalized spacial score (nSPS) is 32.4. The third-order valence-corrected chi connectivity index (χ3v) is 5.41. The van der Waals surface area contributed by atoms with Crippen LogP contribution in [0, 0.1) is 11.8 Å². The van der Waals surface area contributed by atoms with E-state index in [1.165, 1.54) is 12.8 Å². The number of esters is 1. The molecule has 0 aliphatic heterocycles. The van der Waals surface area contributed by atoms with Gasteiger partial charge in [-0.15, -0.1) is 0 Å². The van der Waals surface area contributed by atoms with Gasteiger partial charge in [0.05, 0.1) is 11.7 Å². The molecule has 0 saturated heterocycles. The van der Waals surface area contributed by atoms with Crippen LogP contribution in [0.25, 0.3) is 0 Å². The highest BCUT2D eigenvalue weighted by molar-refractivity contribution is 5.89. The fourth-order valence-corrected chi connectivity index (χ4v) is 4.04. The van der Waals surface area contributed by atoms with Gasteiger partial charge in [-0.05, 0) is 75.3 Å². The molecule has 0 heterocycles. The number of ether oxygens (including phenoxy) is 1. The fraction of sp³-hybridized carbons (Fsp3) is 0.632. The molecule has 0 unspecified atom stereocenters. The third-order valence-electron chi connectivity index (χ3n) is 5.41. The first kappa shape index (κ1) is 15.5. The summed E-state index contributed by atoms with van der Waals surface area (Å²) in [7, 11) is 0. The lowest BCUT2D eigenvalue weighted by molar-refractivity contribution is 0.00849. The number of hydrogen-bond donors (Lipinski definition) is 1. The molecule has 1 N–H and O–H groups in total. The first-order valence-electron chi connectivity index (χ1n) is 8.66. The Kier molecular flexibility index (Phi) is 5.14. The maximum absolute atomic E-state index is 12.1. The van der Waals surface area contributed by atoms with Crippen molar-refractivity contribution in [2.24, 2.45) is 11.8 Å². The summed E-state index contributed by atoms with van der Waals surface area (Å²) in [6.45, 7) is 0. The molecule has 2 aliphatic carbocycles. The number of carbonyl (C=O) groups excluding carboxylic acids is 1. The van der Waals surface area contributed by atoms with E-state index in [0.717, 1.165) is 50.4 Å². The molecule has 0 radical (unpaired) electrons. The number of benzene rings is 1. The fourth-order valence-electron chi connectivity index (χ4n) is 4.04. The van der Waals surface area contributed by atoms with Crippen LogP contribution in [0.2, 0.25) is 0 Å². The van der Waals surface area contributed by atoms with Crippen LogP contribution in [0.5, 0.6) is 0 Å². The zero-order valence-corrected chi connectivity index (χ0v) is 13.1. The molecule has 3 heteroatoms. The van der Waals surface area contributed by atoms with E-state index >= 15 is 0 Å². The van der Waals surface area contributed by atoms with Gasteiger partial charge in [0.1, 0.15) is 6.10 Å². The van der Waals surface area contributed by atoms with Crippen molar-refractivity contribution in [3.63, 3.8) is 0 Å². The summed E-state index contributed by atoms with van der Waals surface area (Å²) < 4.78 is 5.65. The van der Waals surface area contributed by atoms with E-state index < -0.39 is 0 Å². The minimum atomic E-state index is -0.190. The summed E-state index contributed by atoms with van der Waals surface area (Å²) in [4.78, 5) is 12.1. The van der Waals surface area contributed by atoms with E-state index in [0.29, 0.717) is 5.56 Å². The van der Waals surface area contributed by atoms with E-state index in [1.54, 1.807) is 12.1 Å². The second-order valence-corrected chi connectivity index (χ2v) is 6.88. The minimum Gasteiger partial charge on any atom is -0.459 e. The van der Waals surface area contributed by atoms with E-state index in [-0.39, 0.29) is 18.2 Å². The lowest BCUT2D eigenvalue weighted by atomic mass is 9.72. The van der Waals surface area contributed by atoms with Crippen LogP contribution in [-0.4, -0.2) is 23.3 Å².